The Balaban J connectivity index is 2.07. The molecule has 1 N–H and O–H groups in total. The fourth-order valence-electron chi connectivity index (χ4n) is 1.71. The number of nitrogens with one attached hydrogen (secondary N) is 1. The Kier molecular flexibility index (Phi) is 3.13. The van der Waals surface area contributed by atoms with E-state index >= 15 is 0 Å². The predicted octanol–water partition coefficient (Wildman–Crippen LogP) is 2.13. The zero-order valence-electron chi connectivity index (χ0n) is 8.79. The molecular weight excluding hydrogens is 194 g/mol. The van der Waals surface area contributed by atoms with Gasteiger partial charge in [0.25, 0.3) is 0 Å². The summed E-state index contributed by atoms with van der Waals surface area (Å²) in [6, 6.07) is 0. The molecule has 1 aliphatic heterocycles. The van der Waals surface area contributed by atoms with Gasteiger partial charge in [-0.3, -0.25) is 0 Å². The van der Waals surface area contributed by atoms with Gasteiger partial charge in [-0.25, -0.2) is 0 Å². The van der Waals surface area contributed by atoms with Crippen molar-refractivity contribution in [2.24, 2.45) is 0 Å². The molecule has 1 aromatic heterocycles. The van der Waals surface area contributed by atoms with Crippen molar-refractivity contribution >= 4 is 11.3 Å². The molecule has 1 unspecified atom stereocenters. The Morgan fingerprint density at radius 2 is 2.29 bits per heavy atom. The lowest BCUT2D eigenvalue weighted by Crippen LogP contribution is -2.28. The van der Waals surface area contributed by atoms with Crippen LogP contribution < -0.4 is 5.32 Å². The van der Waals surface area contributed by atoms with Crippen LogP contribution in [0, 0.1) is 0 Å². The molecule has 78 valence electrons. The molecule has 0 bridgehead atoms. The third kappa shape index (κ3) is 2.12. The zero-order valence-corrected chi connectivity index (χ0v) is 9.60. The van der Waals surface area contributed by atoms with Gasteiger partial charge in [-0.15, -0.1) is 21.5 Å². The van der Waals surface area contributed by atoms with E-state index in [1.165, 1.54) is 22.9 Å². The first-order valence-corrected chi connectivity index (χ1v) is 6.13. The number of piperidine rings is 1. The fourth-order valence-corrected chi connectivity index (χ4v) is 2.69. The molecule has 14 heavy (non-hydrogen) atoms. The lowest BCUT2D eigenvalue weighted by molar-refractivity contribution is 0.458. The van der Waals surface area contributed by atoms with Gasteiger partial charge in [0.15, 0.2) is 0 Å². The highest BCUT2D eigenvalue weighted by Crippen LogP contribution is 2.28. The van der Waals surface area contributed by atoms with Crippen molar-refractivity contribution in [1.29, 1.82) is 0 Å². The lowest BCUT2D eigenvalue weighted by Gasteiger charge is -2.19. The minimum Gasteiger partial charge on any atom is -0.316 e. The van der Waals surface area contributed by atoms with Crippen molar-refractivity contribution < 1.29 is 0 Å². The van der Waals surface area contributed by atoms with E-state index < -0.39 is 0 Å². The number of nitrogens with zero attached hydrogens (tertiary/aromatic N) is 2. The van der Waals surface area contributed by atoms with E-state index in [0.29, 0.717) is 11.8 Å². The molecule has 1 aromatic rings. The highest BCUT2D eigenvalue weighted by molar-refractivity contribution is 7.11. The number of aromatic nitrogens is 2. The summed E-state index contributed by atoms with van der Waals surface area (Å²) in [5, 5.41) is 14.3. The largest absolute Gasteiger partial charge is 0.316 e. The number of hydrogen-bond acceptors (Lipinski definition) is 4. The molecule has 0 aromatic carbocycles. The highest BCUT2D eigenvalue weighted by atomic mass is 32.1. The van der Waals surface area contributed by atoms with E-state index in [-0.39, 0.29) is 0 Å². The second kappa shape index (κ2) is 4.36. The molecule has 0 aliphatic carbocycles. The van der Waals surface area contributed by atoms with Gasteiger partial charge in [-0.2, -0.15) is 0 Å². The molecule has 2 heterocycles. The van der Waals surface area contributed by atoms with Crippen LogP contribution in [-0.2, 0) is 0 Å². The molecule has 3 nitrogen and oxygen atoms in total. The van der Waals surface area contributed by atoms with Crippen molar-refractivity contribution in [3.05, 3.63) is 10.0 Å². The van der Waals surface area contributed by atoms with Crippen LogP contribution in [0.5, 0.6) is 0 Å². The van der Waals surface area contributed by atoms with Gasteiger partial charge in [0, 0.05) is 18.4 Å². The van der Waals surface area contributed by atoms with Gasteiger partial charge in [0.2, 0.25) is 0 Å². The first-order valence-electron chi connectivity index (χ1n) is 5.31. The normalized spacial score (nSPS) is 22.9. The molecule has 2 rings (SSSR count). The summed E-state index contributed by atoms with van der Waals surface area (Å²) in [5.74, 6) is 1.12. The summed E-state index contributed by atoms with van der Waals surface area (Å²) in [7, 11) is 0. The van der Waals surface area contributed by atoms with E-state index in [4.69, 9.17) is 0 Å². The molecule has 4 heteroatoms. The molecule has 0 spiro atoms. The van der Waals surface area contributed by atoms with Crippen LogP contribution in [-0.4, -0.2) is 23.3 Å². The smallest absolute Gasteiger partial charge is 0.121 e. The molecule has 0 amide bonds. The second-order valence-electron chi connectivity index (χ2n) is 4.18. The van der Waals surface area contributed by atoms with Gasteiger partial charge < -0.3 is 5.32 Å². The summed E-state index contributed by atoms with van der Waals surface area (Å²) in [6.07, 6.45) is 2.53. The summed E-state index contributed by atoms with van der Waals surface area (Å²) in [5.41, 5.74) is 0. The average molecular weight is 211 g/mol. The maximum Gasteiger partial charge on any atom is 0.121 e. The van der Waals surface area contributed by atoms with Crippen LogP contribution >= 0.6 is 11.3 Å². The highest BCUT2D eigenvalue weighted by Gasteiger charge is 2.19. The monoisotopic (exact) mass is 211 g/mol. The molecule has 1 atom stereocenters. The predicted molar refractivity (Wildman–Crippen MR) is 58.8 cm³/mol. The summed E-state index contributed by atoms with van der Waals surface area (Å²) >= 11 is 1.79. The molecular formula is C10H17N3S. The van der Waals surface area contributed by atoms with Crippen LogP contribution in [0.2, 0.25) is 0 Å². The zero-order chi connectivity index (χ0) is 9.97. The van der Waals surface area contributed by atoms with Crippen molar-refractivity contribution in [2.75, 3.05) is 13.1 Å². The summed E-state index contributed by atoms with van der Waals surface area (Å²) < 4.78 is 0. The number of hydrogen-bond donors (Lipinski definition) is 1. The standard InChI is InChI=1S/C10H17N3S/c1-7(2)9-12-13-10(14-9)8-4-3-5-11-6-8/h7-8,11H,3-6H2,1-2H3. The Hall–Kier alpha value is -0.480. The van der Waals surface area contributed by atoms with Crippen molar-refractivity contribution in [3.63, 3.8) is 0 Å². The Bertz CT molecular complexity index is 289. The maximum atomic E-state index is 4.29. The van der Waals surface area contributed by atoms with Crippen LogP contribution in [0.15, 0.2) is 0 Å². The minimum absolute atomic E-state index is 0.512. The summed E-state index contributed by atoms with van der Waals surface area (Å²) in [4.78, 5) is 0. The Morgan fingerprint density at radius 1 is 1.43 bits per heavy atom. The molecule has 1 saturated heterocycles. The second-order valence-corrected chi connectivity index (χ2v) is 5.22. The van der Waals surface area contributed by atoms with Crippen molar-refractivity contribution in [3.8, 4) is 0 Å². The maximum absolute atomic E-state index is 4.29. The van der Waals surface area contributed by atoms with E-state index in [1.807, 2.05) is 0 Å². The van der Waals surface area contributed by atoms with Gasteiger partial charge in [0.05, 0.1) is 0 Å². The third-order valence-corrected chi connectivity index (χ3v) is 3.98. The topological polar surface area (TPSA) is 37.8 Å². The quantitative estimate of drug-likeness (QED) is 0.814. The van der Waals surface area contributed by atoms with Gasteiger partial charge >= 0.3 is 0 Å². The SMILES string of the molecule is CC(C)c1nnc(C2CCCNC2)s1. The minimum atomic E-state index is 0.512. The van der Waals surface area contributed by atoms with Crippen LogP contribution in [0.25, 0.3) is 0 Å². The lowest BCUT2D eigenvalue weighted by atomic mass is 10.0. The van der Waals surface area contributed by atoms with Crippen molar-refractivity contribution in [1.82, 2.24) is 15.5 Å². The van der Waals surface area contributed by atoms with E-state index in [9.17, 15) is 0 Å². The molecule has 0 radical (unpaired) electrons. The Labute approximate surface area is 88.9 Å². The van der Waals surface area contributed by atoms with Crippen LogP contribution in [0.1, 0.15) is 48.5 Å². The van der Waals surface area contributed by atoms with Crippen LogP contribution in [0.3, 0.4) is 0 Å². The number of rotatable bonds is 2. The van der Waals surface area contributed by atoms with Gasteiger partial charge in [0.1, 0.15) is 10.0 Å². The summed E-state index contributed by atoms with van der Waals surface area (Å²) in [6.45, 7) is 6.58. The van der Waals surface area contributed by atoms with Crippen LogP contribution in [0.4, 0.5) is 0 Å². The molecule has 1 aliphatic rings. The third-order valence-electron chi connectivity index (χ3n) is 2.60. The van der Waals surface area contributed by atoms with Gasteiger partial charge in [-0.05, 0) is 19.4 Å². The average Bonchev–Trinajstić information content (AvgIpc) is 2.68. The fraction of sp³-hybridized carbons (Fsp3) is 0.800. The molecule has 0 saturated carbocycles. The van der Waals surface area contributed by atoms with Crippen molar-refractivity contribution in [2.45, 2.75) is 38.5 Å². The van der Waals surface area contributed by atoms with E-state index in [1.54, 1.807) is 11.3 Å². The Morgan fingerprint density at radius 3 is 2.86 bits per heavy atom. The first kappa shape index (κ1) is 10.1. The van der Waals surface area contributed by atoms with E-state index in [2.05, 4.69) is 29.4 Å². The van der Waals surface area contributed by atoms with E-state index in [0.717, 1.165) is 13.1 Å². The van der Waals surface area contributed by atoms with Gasteiger partial charge in [-0.1, -0.05) is 13.8 Å². The molecule has 1 fully saturated rings. The first-order chi connectivity index (χ1) is 6.77.